The lowest BCUT2D eigenvalue weighted by Crippen LogP contribution is -1.81. The Kier molecular flexibility index (Phi) is 3.87. The molecule has 60 valence electrons. The van der Waals surface area contributed by atoms with Crippen LogP contribution in [0.25, 0.3) is 0 Å². The molecule has 0 aromatic rings. The fourth-order valence-corrected chi connectivity index (χ4v) is 0.867. The van der Waals surface area contributed by atoms with Gasteiger partial charge in [-0.3, -0.25) is 4.57 Å². The molecule has 0 atom stereocenters. The molecule has 2 N–H and O–H groups in total. The predicted molar refractivity (Wildman–Crippen MR) is 40.6 cm³/mol. The smallest absolute Gasteiger partial charge is 0.321 e. The zero-order valence-electron chi connectivity index (χ0n) is 6.19. The Labute approximate surface area is 60.9 Å². The average molecular weight is 164 g/mol. The lowest BCUT2D eigenvalue weighted by atomic mass is 10.1. The van der Waals surface area contributed by atoms with Gasteiger partial charge in [0.15, 0.2) is 0 Å². The van der Waals surface area contributed by atoms with E-state index in [-0.39, 0.29) is 0 Å². The largest absolute Gasteiger partial charge is 0.348 e. The first-order valence-electron chi connectivity index (χ1n) is 3.15. The van der Waals surface area contributed by atoms with Crippen LogP contribution in [0.5, 0.6) is 0 Å². The number of rotatable bonds is 3. The van der Waals surface area contributed by atoms with E-state index in [2.05, 4.69) is 0 Å². The second-order valence-electron chi connectivity index (χ2n) is 2.60. The minimum Gasteiger partial charge on any atom is -0.321 e. The summed E-state index contributed by atoms with van der Waals surface area (Å²) in [6, 6.07) is 0. The topological polar surface area (TPSA) is 57.5 Å². The van der Waals surface area contributed by atoms with Crippen LogP contribution in [0, 0.1) is 5.92 Å². The van der Waals surface area contributed by atoms with E-state index in [1.165, 1.54) is 6.08 Å². The van der Waals surface area contributed by atoms with Crippen LogP contribution in [0.3, 0.4) is 0 Å². The maximum Gasteiger partial charge on any atom is 0.348 e. The molecular formula is C6H13O3P. The summed E-state index contributed by atoms with van der Waals surface area (Å²) in [5.74, 6) is 1.40. The lowest BCUT2D eigenvalue weighted by Gasteiger charge is -1.97. The molecule has 0 saturated heterocycles. The van der Waals surface area contributed by atoms with Crippen molar-refractivity contribution in [2.75, 3.05) is 0 Å². The fourth-order valence-electron chi connectivity index (χ4n) is 0.470. The lowest BCUT2D eigenvalue weighted by molar-refractivity contribution is 0.386. The van der Waals surface area contributed by atoms with E-state index in [1.807, 2.05) is 13.8 Å². The van der Waals surface area contributed by atoms with Gasteiger partial charge >= 0.3 is 7.60 Å². The van der Waals surface area contributed by atoms with Gasteiger partial charge in [0.1, 0.15) is 0 Å². The predicted octanol–water partition coefficient (Wildman–Crippen LogP) is 1.72. The van der Waals surface area contributed by atoms with Gasteiger partial charge in [0.25, 0.3) is 0 Å². The summed E-state index contributed by atoms with van der Waals surface area (Å²) in [7, 11) is -3.90. The van der Waals surface area contributed by atoms with Crippen molar-refractivity contribution in [3.63, 3.8) is 0 Å². The number of hydrogen-bond acceptors (Lipinski definition) is 1. The zero-order chi connectivity index (χ0) is 8.20. The molecule has 0 spiro atoms. The van der Waals surface area contributed by atoms with E-state index in [0.717, 1.165) is 5.82 Å². The maximum absolute atomic E-state index is 10.2. The SMILES string of the molecule is CC(C)C/C=C\P(=O)(O)O. The Morgan fingerprint density at radius 2 is 2.00 bits per heavy atom. The van der Waals surface area contributed by atoms with Gasteiger partial charge in [-0.1, -0.05) is 19.9 Å². The Hall–Kier alpha value is -0.110. The van der Waals surface area contributed by atoms with E-state index in [0.29, 0.717) is 12.3 Å². The molecular weight excluding hydrogens is 151 g/mol. The van der Waals surface area contributed by atoms with Crippen molar-refractivity contribution < 1.29 is 14.4 Å². The van der Waals surface area contributed by atoms with Gasteiger partial charge in [0.05, 0.1) is 0 Å². The highest BCUT2D eigenvalue weighted by Crippen LogP contribution is 2.36. The quantitative estimate of drug-likeness (QED) is 0.624. The van der Waals surface area contributed by atoms with Crippen LogP contribution < -0.4 is 0 Å². The van der Waals surface area contributed by atoms with Crippen LogP contribution in [0.4, 0.5) is 0 Å². The third kappa shape index (κ3) is 7.89. The summed E-state index contributed by atoms with van der Waals surface area (Å²) in [5, 5.41) is 0. The molecule has 0 radical (unpaired) electrons. The van der Waals surface area contributed by atoms with Crippen LogP contribution in [0.1, 0.15) is 20.3 Å². The van der Waals surface area contributed by atoms with Gasteiger partial charge in [-0.05, 0) is 12.3 Å². The van der Waals surface area contributed by atoms with Crippen LogP contribution in [-0.4, -0.2) is 9.79 Å². The van der Waals surface area contributed by atoms with Crippen molar-refractivity contribution in [1.82, 2.24) is 0 Å². The molecule has 0 aliphatic carbocycles. The molecule has 0 aromatic carbocycles. The summed E-state index contributed by atoms with van der Waals surface area (Å²) in [6.07, 6.45) is 2.23. The van der Waals surface area contributed by atoms with Crippen molar-refractivity contribution in [3.05, 3.63) is 11.9 Å². The van der Waals surface area contributed by atoms with E-state index in [1.54, 1.807) is 0 Å². The van der Waals surface area contributed by atoms with Gasteiger partial charge in [0.2, 0.25) is 0 Å². The van der Waals surface area contributed by atoms with Gasteiger partial charge in [-0.25, -0.2) is 0 Å². The third-order valence-electron chi connectivity index (χ3n) is 0.907. The minimum atomic E-state index is -3.90. The molecule has 0 aromatic heterocycles. The molecule has 0 unspecified atom stereocenters. The normalized spacial score (nSPS) is 13.3. The summed E-state index contributed by atoms with van der Waals surface area (Å²) in [6.45, 7) is 3.98. The van der Waals surface area contributed by atoms with Crippen molar-refractivity contribution in [2.45, 2.75) is 20.3 Å². The molecule has 0 saturated carbocycles. The Balaban J connectivity index is 3.68. The van der Waals surface area contributed by atoms with Crippen LogP contribution >= 0.6 is 7.60 Å². The molecule has 0 bridgehead atoms. The highest BCUT2D eigenvalue weighted by atomic mass is 31.2. The molecule has 0 aliphatic heterocycles. The van der Waals surface area contributed by atoms with Crippen LogP contribution in [0.2, 0.25) is 0 Å². The van der Waals surface area contributed by atoms with Gasteiger partial charge < -0.3 is 9.79 Å². The first-order chi connectivity index (χ1) is 4.42. The second kappa shape index (κ2) is 3.91. The summed E-state index contributed by atoms with van der Waals surface area (Å²) < 4.78 is 10.2. The first-order valence-corrected chi connectivity index (χ1v) is 4.83. The molecule has 0 rings (SSSR count). The molecule has 0 amide bonds. The maximum atomic E-state index is 10.2. The summed E-state index contributed by atoms with van der Waals surface area (Å²) in [4.78, 5) is 16.7. The highest BCUT2D eigenvalue weighted by molar-refractivity contribution is 7.55. The molecule has 3 nitrogen and oxygen atoms in total. The van der Waals surface area contributed by atoms with Crippen molar-refractivity contribution >= 4 is 7.60 Å². The molecule has 4 heteroatoms. The average Bonchev–Trinajstić information content (AvgIpc) is 1.59. The third-order valence-corrected chi connectivity index (χ3v) is 1.51. The minimum absolute atomic E-state index is 0.447. The van der Waals surface area contributed by atoms with Gasteiger partial charge in [-0.15, -0.1) is 0 Å². The zero-order valence-corrected chi connectivity index (χ0v) is 7.08. The Morgan fingerprint density at radius 3 is 2.30 bits per heavy atom. The summed E-state index contributed by atoms with van der Waals surface area (Å²) >= 11 is 0. The van der Waals surface area contributed by atoms with E-state index in [9.17, 15) is 4.57 Å². The Morgan fingerprint density at radius 1 is 1.50 bits per heavy atom. The van der Waals surface area contributed by atoms with E-state index < -0.39 is 7.60 Å². The van der Waals surface area contributed by atoms with Crippen molar-refractivity contribution in [2.24, 2.45) is 5.92 Å². The van der Waals surface area contributed by atoms with Gasteiger partial charge in [0, 0.05) is 5.82 Å². The Bertz CT molecular complexity index is 156. The monoisotopic (exact) mass is 164 g/mol. The van der Waals surface area contributed by atoms with Crippen molar-refractivity contribution in [1.29, 1.82) is 0 Å². The number of allylic oxidation sites excluding steroid dienone is 1. The van der Waals surface area contributed by atoms with Crippen molar-refractivity contribution in [3.8, 4) is 0 Å². The standard InChI is InChI=1S/C6H13O3P/c1-6(2)4-3-5-10(7,8)9/h3,5-6H,4H2,1-2H3,(H2,7,8,9)/b5-3-. The molecule has 0 aliphatic rings. The molecule has 0 fully saturated rings. The number of hydrogen-bond donors (Lipinski definition) is 2. The van der Waals surface area contributed by atoms with E-state index >= 15 is 0 Å². The van der Waals surface area contributed by atoms with Crippen LogP contribution in [0.15, 0.2) is 11.9 Å². The van der Waals surface area contributed by atoms with Crippen LogP contribution in [-0.2, 0) is 4.57 Å². The molecule has 0 heterocycles. The molecule has 10 heavy (non-hydrogen) atoms. The highest BCUT2D eigenvalue weighted by Gasteiger charge is 2.04. The summed E-state index contributed by atoms with van der Waals surface area (Å²) in [5.41, 5.74) is 0. The first kappa shape index (κ1) is 9.89. The second-order valence-corrected chi connectivity index (χ2v) is 4.08. The van der Waals surface area contributed by atoms with E-state index in [4.69, 9.17) is 9.79 Å². The fraction of sp³-hybridized carbons (Fsp3) is 0.667. The van der Waals surface area contributed by atoms with Gasteiger partial charge in [-0.2, -0.15) is 0 Å².